The average Bonchev–Trinajstić information content (AvgIpc) is 3.31. The van der Waals surface area contributed by atoms with Crippen LogP contribution in [-0.2, 0) is 19.2 Å². The normalized spacial score (nSPS) is 47.7. The van der Waals surface area contributed by atoms with Crippen molar-refractivity contribution < 1.29 is 24.3 Å². The van der Waals surface area contributed by atoms with Gasteiger partial charge < -0.3 is 14.7 Å². The molecule has 0 radical (unpaired) electrons. The number of ether oxygens (including phenoxy) is 1. The van der Waals surface area contributed by atoms with Crippen molar-refractivity contribution >= 4 is 17.7 Å². The minimum Gasteiger partial charge on any atom is -0.465 e. The molecule has 1 N–H and O–H groups in total. The largest absolute Gasteiger partial charge is 0.465 e. The summed E-state index contributed by atoms with van der Waals surface area (Å²) in [7, 11) is 0. The van der Waals surface area contributed by atoms with Crippen LogP contribution in [0.4, 0.5) is 0 Å². The third kappa shape index (κ3) is 4.25. The monoisotopic (exact) mass is 566 g/mol. The Morgan fingerprint density at radius 3 is 2.34 bits per heavy atom. The van der Waals surface area contributed by atoms with Crippen LogP contribution in [0.5, 0.6) is 0 Å². The van der Waals surface area contributed by atoms with Crippen molar-refractivity contribution in [3.63, 3.8) is 0 Å². The molecule has 5 saturated carbocycles. The highest BCUT2D eigenvalue weighted by Crippen LogP contribution is 2.77. The average molecular weight is 567 g/mol. The molecule has 0 aromatic heterocycles. The zero-order valence-electron chi connectivity index (χ0n) is 26.1. The first-order valence-corrected chi connectivity index (χ1v) is 15.8. The zero-order valence-corrected chi connectivity index (χ0v) is 26.1. The van der Waals surface area contributed by atoms with E-state index in [0.717, 1.165) is 69.1 Å². The summed E-state index contributed by atoms with van der Waals surface area (Å²) in [6.45, 7) is 17.0. The number of nitriles is 1. The summed E-state index contributed by atoms with van der Waals surface area (Å²) in [5, 5.41) is 24.9. The highest BCUT2D eigenvalue weighted by Gasteiger charge is 2.71. The van der Waals surface area contributed by atoms with Gasteiger partial charge in [0.1, 0.15) is 6.61 Å². The molecule has 10 atom stereocenters. The third-order valence-corrected chi connectivity index (χ3v) is 13.8. The molecule has 0 saturated heterocycles. The summed E-state index contributed by atoms with van der Waals surface area (Å²) < 4.78 is 5.68. The zero-order chi connectivity index (χ0) is 30.0. The fourth-order valence-electron chi connectivity index (χ4n) is 11.7. The van der Waals surface area contributed by atoms with Gasteiger partial charge in [0.05, 0.1) is 23.8 Å². The van der Waals surface area contributed by atoms with E-state index in [1.807, 2.05) is 0 Å². The van der Waals surface area contributed by atoms with Crippen LogP contribution in [0.25, 0.3) is 0 Å². The lowest BCUT2D eigenvalue weighted by Crippen LogP contribution is -2.67. The molecule has 5 aliphatic rings. The topological polar surface area (TPSA) is 109 Å². The van der Waals surface area contributed by atoms with Crippen LogP contribution in [0, 0.1) is 68.0 Å². The molecule has 0 bridgehead atoms. The van der Waals surface area contributed by atoms with Gasteiger partial charge in [-0.1, -0.05) is 39.4 Å². The van der Waals surface area contributed by atoms with Crippen LogP contribution in [0.15, 0.2) is 17.3 Å². The maximum absolute atomic E-state index is 12.0. The number of esters is 1. The van der Waals surface area contributed by atoms with E-state index < -0.39 is 11.4 Å². The van der Waals surface area contributed by atoms with E-state index in [0.29, 0.717) is 18.3 Å². The Labute approximate surface area is 246 Å². The van der Waals surface area contributed by atoms with Crippen LogP contribution < -0.4 is 0 Å². The van der Waals surface area contributed by atoms with Crippen molar-refractivity contribution in [3.05, 3.63) is 12.2 Å². The number of hydrogen-bond donors (Lipinski definition) is 1. The molecular weight excluding hydrogens is 516 g/mol. The minimum atomic E-state index is -0.509. The van der Waals surface area contributed by atoms with Gasteiger partial charge in [0.2, 0.25) is 0 Å². The first kappa shape index (κ1) is 30.3. The molecule has 0 amide bonds. The second-order valence-corrected chi connectivity index (χ2v) is 15.2. The fraction of sp³-hybridized carbons (Fsp3) is 0.824. The first-order chi connectivity index (χ1) is 19.2. The summed E-state index contributed by atoms with van der Waals surface area (Å²) in [6, 6.07) is 2.82. The summed E-state index contributed by atoms with van der Waals surface area (Å²) in [6.07, 6.45) is 9.82. The Balaban J connectivity index is 1.53. The molecule has 0 heterocycles. The summed E-state index contributed by atoms with van der Waals surface area (Å²) >= 11 is 0. The maximum atomic E-state index is 12.0. The van der Waals surface area contributed by atoms with Crippen molar-refractivity contribution in [1.29, 1.82) is 5.26 Å². The van der Waals surface area contributed by atoms with Gasteiger partial charge in [0.25, 0.3) is 0 Å². The molecular formula is C34H50N2O5. The summed E-state index contributed by atoms with van der Waals surface area (Å²) in [5.41, 5.74) is 1.13. The Hall–Kier alpha value is -2.20. The number of fused-ring (bicyclic) bond motifs is 7. The second-order valence-electron chi connectivity index (χ2n) is 15.2. The van der Waals surface area contributed by atoms with Crippen molar-refractivity contribution in [3.8, 4) is 6.07 Å². The van der Waals surface area contributed by atoms with Crippen molar-refractivity contribution in [2.75, 3.05) is 13.2 Å². The van der Waals surface area contributed by atoms with Crippen molar-refractivity contribution in [1.82, 2.24) is 0 Å². The van der Waals surface area contributed by atoms with Gasteiger partial charge in [-0.3, -0.25) is 4.79 Å². The summed E-state index contributed by atoms with van der Waals surface area (Å²) in [4.78, 5) is 28.8. The number of carbonyl (C=O) groups excluding carboxylic acids is 2. The number of nitrogens with zero attached hydrogens (tertiary/aromatic N) is 2. The molecule has 7 heteroatoms. The Morgan fingerprint density at radius 1 is 0.976 bits per heavy atom. The molecule has 5 aliphatic carbocycles. The predicted molar refractivity (Wildman–Crippen MR) is 156 cm³/mol. The van der Waals surface area contributed by atoms with E-state index in [2.05, 4.69) is 45.5 Å². The second kappa shape index (κ2) is 10.2. The SMILES string of the molecule is C=C(CO)[C@@H]1CC[C@]2(C#N)CC[C@]3(C)[C@H](CC[C@@H]4[C@@]5(C)CCC(=NOC(C)=O)C(C)(COC(C)=O)[C@@H]5CC[C@]43C)[C@@H]12. The molecule has 1 unspecified atom stereocenters. The lowest BCUT2D eigenvalue weighted by atomic mass is 9.32. The number of carbonyl (C=O) groups is 2. The minimum absolute atomic E-state index is 0.00387. The van der Waals surface area contributed by atoms with Crippen LogP contribution in [0.3, 0.4) is 0 Å². The number of aliphatic hydroxyl groups excluding tert-OH is 1. The maximum Gasteiger partial charge on any atom is 0.331 e. The van der Waals surface area contributed by atoms with E-state index in [4.69, 9.17) is 9.57 Å². The van der Waals surface area contributed by atoms with Crippen LogP contribution >= 0.6 is 0 Å². The molecule has 226 valence electrons. The van der Waals surface area contributed by atoms with Gasteiger partial charge in [0, 0.05) is 19.3 Å². The van der Waals surface area contributed by atoms with Gasteiger partial charge in [-0.25, -0.2) is 4.79 Å². The highest BCUT2D eigenvalue weighted by molar-refractivity contribution is 5.91. The van der Waals surface area contributed by atoms with Gasteiger partial charge >= 0.3 is 11.9 Å². The number of oxime groups is 1. The number of aliphatic hydroxyl groups is 1. The Kier molecular flexibility index (Phi) is 7.54. The van der Waals surface area contributed by atoms with Gasteiger partial charge in [-0.05, 0) is 116 Å². The Morgan fingerprint density at radius 2 is 1.71 bits per heavy atom. The lowest BCUT2D eigenvalue weighted by Gasteiger charge is -2.72. The fourth-order valence-corrected chi connectivity index (χ4v) is 11.7. The molecule has 0 aromatic carbocycles. The molecule has 7 nitrogen and oxygen atoms in total. The molecule has 0 spiro atoms. The van der Waals surface area contributed by atoms with Gasteiger partial charge in [0.15, 0.2) is 0 Å². The van der Waals surface area contributed by atoms with Crippen LogP contribution in [0.2, 0.25) is 0 Å². The number of hydrogen-bond acceptors (Lipinski definition) is 7. The van der Waals surface area contributed by atoms with Crippen LogP contribution in [-0.4, -0.2) is 36.0 Å². The predicted octanol–water partition coefficient (Wildman–Crippen LogP) is 6.60. The quantitative estimate of drug-likeness (QED) is 0.174. The van der Waals surface area contributed by atoms with Crippen LogP contribution in [0.1, 0.15) is 106 Å². The molecule has 0 aromatic rings. The van der Waals surface area contributed by atoms with E-state index in [9.17, 15) is 20.0 Å². The van der Waals surface area contributed by atoms with Crippen molar-refractivity contribution in [2.24, 2.45) is 61.8 Å². The first-order valence-electron chi connectivity index (χ1n) is 15.8. The Bertz CT molecular complexity index is 1190. The van der Waals surface area contributed by atoms with E-state index >= 15 is 0 Å². The van der Waals surface area contributed by atoms with Gasteiger partial charge in [-0.2, -0.15) is 5.26 Å². The standard InChI is InChI=1S/C34H50N2O5/c1-21(18-37)24-10-15-34(19-35)17-16-32(6)25(29(24)34)8-9-27-30(4)13-12-28(36-41-23(3)39)31(5,20-40-22(2)38)26(30)11-14-33(27,32)7/h24-27,29,37H,1,8-18,20H2,2-7H3/t24-,25+,26+,27+,29+,30-,31?,32+,33+,34+/m0/s1. The molecule has 41 heavy (non-hydrogen) atoms. The molecule has 5 fully saturated rings. The summed E-state index contributed by atoms with van der Waals surface area (Å²) in [5.74, 6) is 0.893. The van der Waals surface area contributed by atoms with E-state index in [1.165, 1.54) is 13.8 Å². The molecule has 0 aliphatic heterocycles. The molecule has 5 rings (SSSR count). The highest BCUT2D eigenvalue weighted by atomic mass is 16.7. The smallest absolute Gasteiger partial charge is 0.331 e. The third-order valence-electron chi connectivity index (χ3n) is 13.8. The number of rotatable bonds is 5. The van der Waals surface area contributed by atoms with E-state index in [-0.39, 0.29) is 58.6 Å². The lowest BCUT2D eigenvalue weighted by molar-refractivity contribution is -0.227. The van der Waals surface area contributed by atoms with Gasteiger partial charge in [-0.15, -0.1) is 0 Å². The van der Waals surface area contributed by atoms with E-state index in [1.54, 1.807) is 0 Å². The van der Waals surface area contributed by atoms with Crippen molar-refractivity contribution in [2.45, 2.75) is 106 Å².